The van der Waals surface area contributed by atoms with Crippen LogP contribution in [0.4, 0.5) is 51.2 Å². The number of hydrogen-bond donors (Lipinski definition) is 0. The Labute approximate surface area is 346 Å². The second-order valence-electron chi connectivity index (χ2n) is 15.3. The fourth-order valence-electron chi connectivity index (χ4n) is 9.53. The summed E-state index contributed by atoms with van der Waals surface area (Å²) in [5, 5.41) is 0. The van der Waals surface area contributed by atoms with Gasteiger partial charge in [-0.25, -0.2) is 0 Å². The molecular formula is C56H41N3. The number of para-hydroxylation sites is 6. The molecule has 2 atom stereocenters. The second-order valence-corrected chi connectivity index (χ2v) is 15.3. The van der Waals surface area contributed by atoms with Gasteiger partial charge in [0.15, 0.2) is 0 Å². The van der Waals surface area contributed by atoms with Crippen LogP contribution < -0.4 is 14.7 Å². The molecule has 0 amide bonds. The maximum absolute atomic E-state index is 2.47. The number of hydrogen-bond acceptors (Lipinski definition) is 3. The van der Waals surface area contributed by atoms with Crippen LogP contribution in [0.2, 0.25) is 0 Å². The zero-order chi connectivity index (χ0) is 39.1. The van der Waals surface area contributed by atoms with E-state index in [0.29, 0.717) is 0 Å². The average molecular weight is 756 g/mol. The van der Waals surface area contributed by atoms with E-state index < -0.39 is 0 Å². The van der Waals surface area contributed by atoms with Crippen molar-refractivity contribution in [2.24, 2.45) is 0 Å². The Hall–Kier alpha value is -7.62. The van der Waals surface area contributed by atoms with Crippen LogP contribution in [0.25, 0.3) is 0 Å². The molecule has 59 heavy (non-hydrogen) atoms. The van der Waals surface area contributed by atoms with Crippen molar-refractivity contribution in [1.82, 2.24) is 0 Å². The minimum atomic E-state index is -0.00424. The highest BCUT2D eigenvalue weighted by Crippen LogP contribution is 2.60. The Morgan fingerprint density at radius 2 is 0.559 bits per heavy atom. The molecule has 0 saturated heterocycles. The van der Waals surface area contributed by atoms with Gasteiger partial charge < -0.3 is 14.7 Å². The molecule has 9 aromatic rings. The van der Waals surface area contributed by atoms with Gasteiger partial charge in [0.05, 0.1) is 5.69 Å². The monoisotopic (exact) mass is 755 g/mol. The lowest BCUT2D eigenvalue weighted by atomic mass is 9.60. The highest BCUT2D eigenvalue weighted by atomic mass is 15.2. The second kappa shape index (κ2) is 14.7. The van der Waals surface area contributed by atoms with Crippen molar-refractivity contribution >= 4 is 51.2 Å². The lowest BCUT2D eigenvalue weighted by Crippen LogP contribution is -2.30. The van der Waals surface area contributed by atoms with Crippen LogP contribution in [-0.2, 0) is 0 Å². The van der Waals surface area contributed by atoms with E-state index in [1.165, 1.54) is 39.1 Å². The first-order valence-corrected chi connectivity index (χ1v) is 20.4. The van der Waals surface area contributed by atoms with Crippen molar-refractivity contribution in [1.29, 1.82) is 0 Å². The van der Waals surface area contributed by atoms with Crippen LogP contribution in [0.15, 0.2) is 237 Å². The predicted octanol–water partition coefficient (Wildman–Crippen LogP) is 15.1. The van der Waals surface area contributed by atoms with Crippen LogP contribution in [0.1, 0.15) is 45.2 Å². The molecule has 3 aliphatic rings. The molecule has 9 aromatic carbocycles. The minimum absolute atomic E-state index is 0.00424. The van der Waals surface area contributed by atoms with Crippen molar-refractivity contribution in [3.63, 3.8) is 0 Å². The Balaban J connectivity index is 1.14. The molecule has 280 valence electrons. The Kier molecular flexibility index (Phi) is 8.63. The van der Waals surface area contributed by atoms with E-state index in [0.717, 1.165) is 45.5 Å². The Bertz CT molecular complexity index is 2760. The largest absolute Gasteiger partial charge is 0.310 e. The third kappa shape index (κ3) is 5.98. The van der Waals surface area contributed by atoms with Crippen LogP contribution in [-0.4, -0.2) is 0 Å². The molecule has 0 heterocycles. The topological polar surface area (TPSA) is 9.72 Å². The van der Waals surface area contributed by atoms with Gasteiger partial charge in [0.25, 0.3) is 0 Å². The van der Waals surface area contributed by atoms with E-state index in [-0.39, 0.29) is 11.8 Å². The van der Waals surface area contributed by atoms with Gasteiger partial charge in [-0.2, -0.15) is 0 Å². The summed E-state index contributed by atoms with van der Waals surface area (Å²) in [5.74, 6) is 0.0352. The summed E-state index contributed by atoms with van der Waals surface area (Å²) in [5.41, 5.74) is 18.5. The molecule has 0 saturated carbocycles. The van der Waals surface area contributed by atoms with Gasteiger partial charge in [-0.15, -0.1) is 0 Å². The van der Waals surface area contributed by atoms with Gasteiger partial charge in [-0.05, 0) is 137 Å². The van der Waals surface area contributed by atoms with Gasteiger partial charge in [0, 0.05) is 57.3 Å². The molecule has 0 aliphatic heterocycles. The molecule has 0 aromatic heterocycles. The third-order valence-electron chi connectivity index (χ3n) is 11.9. The Morgan fingerprint density at radius 3 is 0.949 bits per heavy atom. The SMILES string of the molecule is c1ccc(N(c2ccccc2)c2ccc3c(c2)C2c4ccc(N(c5ccccc5)c5ccccc5)cc4C3c3c2cccc3N(c2ccccc2)c2ccccc2)cc1. The normalized spacial score (nSPS) is 14.4. The van der Waals surface area contributed by atoms with Gasteiger partial charge in [-0.3, -0.25) is 0 Å². The van der Waals surface area contributed by atoms with Crippen molar-refractivity contribution in [2.45, 2.75) is 11.8 Å². The van der Waals surface area contributed by atoms with Gasteiger partial charge in [0.1, 0.15) is 0 Å². The zero-order valence-electron chi connectivity index (χ0n) is 32.5. The summed E-state index contributed by atoms with van der Waals surface area (Å²) in [4.78, 5) is 7.22. The molecule has 0 fully saturated rings. The third-order valence-corrected chi connectivity index (χ3v) is 11.9. The smallest absolute Gasteiger partial charge is 0.0506 e. The fourth-order valence-corrected chi connectivity index (χ4v) is 9.53. The number of anilines is 9. The summed E-state index contributed by atoms with van der Waals surface area (Å²) >= 11 is 0. The highest BCUT2D eigenvalue weighted by Gasteiger charge is 2.44. The van der Waals surface area contributed by atoms with Crippen molar-refractivity contribution in [3.8, 4) is 0 Å². The maximum Gasteiger partial charge on any atom is 0.0506 e. The Morgan fingerprint density at radius 1 is 0.220 bits per heavy atom. The lowest BCUT2D eigenvalue weighted by molar-refractivity contribution is 0.754. The number of nitrogens with zero attached hydrogens (tertiary/aromatic N) is 3. The number of rotatable bonds is 9. The summed E-state index contributed by atoms with van der Waals surface area (Å²) in [6.07, 6.45) is 0. The molecule has 0 spiro atoms. The van der Waals surface area contributed by atoms with E-state index in [2.05, 4.69) is 251 Å². The average Bonchev–Trinajstić information content (AvgIpc) is 3.31. The van der Waals surface area contributed by atoms with Crippen LogP contribution in [0.3, 0.4) is 0 Å². The van der Waals surface area contributed by atoms with Crippen molar-refractivity contribution < 1.29 is 0 Å². The molecule has 0 N–H and O–H groups in total. The van der Waals surface area contributed by atoms with Crippen LogP contribution >= 0.6 is 0 Å². The molecule has 2 unspecified atom stereocenters. The van der Waals surface area contributed by atoms with Crippen LogP contribution in [0.5, 0.6) is 0 Å². The summed E-state index contributed by atoms with van der Waals surface area (Å²) in [6.45, 7) is 0. The van der Waals surface area contributed by atoms with E-state index >= 15 is 0 Å². The van der Waals surface area contributed by atoms with Gasteiger partial charge in [-0.1, -0.05) is 133 Å². The summed E-state index contributed by atoms with van der Waals surface area (Å²) in [7, 11) is 0. The lowest BCUT2D eigenvalue weighted by Gasteiger charge is -2.45. The van der Waals surface area contributed by atoms with E-state index in [9.17, 15) is 0 Å². The molecule has 3 heteroatoms. The minimum Gasteiger partial charge on any atom is -0.310 e. The molecule has 3 nitrogen and oxygen atoms in total. The first-order chi connectivity index (χ1) is 29.3. The maximum atomic E-state index is 2.47. The zero-order valence-corrected chi connectivity index (χ0v) is 32.5. The molecule has 3 aliphatic carbocycles. The number of benzene rings is 9. The first kappa shape index (κ1) is 34.6. The standard InChI is InChI=1S/C56H41N3/c1-7-20-40(21-8-1)57(41-22-9-2-10-23-41)46-35-37-49-51(38-46)54-48-36-34-47(58(42-24-11-3-12-25-42)43-26-13-4-14-27-43)39-52(48)55(49)56-50(54)32-19-33-53(56)59(44-28-15-5-16-29-44)45-30-17-6-18-31-45/h1-39,54-55H. The fraction of sp³-hybridized carbons (Fsp3) is 0.0357. The van der Waals surface area contributed by atoms with Crippen molar-refractivity contribution in [3.05, 3.63) is 270 Å². The predicted molar refractivity (Wildman–Crippen MR) is 245 cm³/mol. The van der Waals surface area contributed by atoms with E-state index in [4.69, 9.17) is 0 Å². The molecule has 12 rings (SSSR count). The van der Waals surface area contributed by atoms with E-state index in [1.54, 1.807) is 0 Å². The first-order valence-electron chi connectivity index (χ1n) is 20.4. The molecular weight excluding hydrogens is 715 g/mol. The summed E-state index contributed by atoms with van der Waals surface area (Å²) in [6, 6.07) is 85.9. The molecule has 0 radical (unpaired) electrons. The van der Waals surface area contributed by atoms with E-state index in [1.807, 2.05) is 0 Å². The highest BCUT2D eigenvalue weighted by molar-refractivity contribution is 5.86. The quantitative estimate of drug-likeness (QED) is 0.145. The summed E-state index contributed by atoms with van der Waals surface area (Å²) < 4.78 is 0. The van der Waals surface area contributed by atoms with Crippen LogP contribution in [0, 0.1) is 0 Å². The van der Waals surface area contributed by atoms with Gasteiger partial charge >= 0.3 is 0 Å². The van der Waals surface area contributed by atoms with Gasteiger partial charge in [0.2, 0.25) is 0 Å². The van der Waals surface area contributed by atoms with Crippen molar-refractivity contribution in [2.75, 3.05) is 14.7 Å². The molecule has 2 bridgehead atoms.